The first-order valence-corrected chi connectivity index (χ1v) is 8.09. The molecular formula is C18H21NO3. The van der Waals surface area contributed by atoms with Gasteiger partial charge in [0.2, 0.25) is 0 Å². The van der Waals surface area contributed by atoms with Crippen LogP contribution in [-0.2, 0) is 11.8 Å². The Morgan fingerprint density at radius 3 is 3.09 bits per heavy atom. The topological polar surface area (TPSA) is 41.9 Å². The second kappa shape index (κ2) is 3.87. The lowest BCUT2D eigenvalue weighted by Gasteiger charge is -2.60. The molecule has 2 bridgehead atoms. The molecule has 4 atom stereocenters. The molecule has 1 fully saturated rings. The number of aliphatic hydroxyl groups is 1. The molecule has 1 aromatic carbocycles. The molecule has 1 spiro atoms. The standard InChI is InChI=1S/C18H21NO3/c1-19-9-8-17-14-4-3-7-18(17,20)13(19)10-11-5-6-12(21-2)16(22-14)15(11)17/h3,5-7,13-14,20H,4,8-10H2,1-2H3/t13-,14+,17-,18-/m1/s1. The molecule has 1 aromatic rings. The van der Waals surface area contributed by atoms with Gasteiger partial charge in [-0.3, -0.25) is 4.90 Å². The van der Waals surface area contributed by atoms with Gasteiger partial charge in [-0.2, -0.15) is 0 Å². The van der Waals surface area contributed by atoms with E-state index in [0.717, 1.165) is 37.3 Å². The molecule has 4 nitrogen and oxygen atoms in total. The van der Waals surface area contributed by atoms with Crippen molar-refractivity contribution in [2.24, 2.45) is 0 Å². The zero-order valence-corrected chi connectivity index (χ0v) is 13.0. The molecule has 116 valence electrons. The second-order valence-electron chi connectivity index (χ2n) is 7.12. The number of likely N-dealkylation sites (tertiary alicyclic amines) is 1. The van der Waals surface area contributed by atoms with Crippen LogP contribution in [0.5, 0.6) is 11.5 Å². The number of benzene rings is 1. The molecule has 0 aromatic heterocycles. The molecule has 2 aliphatic heterocycles. The van der Waals surface area contributed by atoms with Gasteiger partial charge in [0, 0.05) is 18.0 Å². The van der Waals surface area contributed by atoms with E-state index < -0.39 is 5.60 Å². The highest BCUT2D eigenvalue weighted by atomic mass is 16.5. The van der Waals surface area contributed by atoms with Crippen molar-refractivity contribution in [1.29, 1.82) is 0 Å². The van der Waals surface area contributed by atoms with Gasteiger partial charge >= 0.3 is 0 Å². The van der Waals surface area contributed by atoms with Crippen LogP contribution < -0.4 is 9.47 Å². The molecular weight excluding hydrogens is 278 g/mol. The minimum absolute atomic E-state index is 0.0176. The lowest BCUT2D eigenvalue weighted by Crippen LogP contribution is -2.73. The Morgan fingerprint density at radius 2 is 2.27 bits per heavy atom. The van der Waals surface area contributed by atoms with Crippen molar-refractivity contribution in [2.45, 2.75) is 42.4 Å². The van der Waals surface area contributed by atoms with Crippen LogP contribution in [0.25, 0.3) is 0 Å². The first-order valence-electron chi connectivity index (χ1n) is 8.09. The molecule has 2 heterocycles. The monoisotopic (exact) mass is 299 g/mol. The molecule has 0 unspecified atom stereocenters. The maximum atomic E-state index is 11.7. The first kappa shape index (κ1) is 13.0. The maximum Gasteiger partial charge on any atom is 0.165 e. The molecule has 4 heteroatoms. The number of piperidine rings is 1. The number of rotatable bonds is 1. The van der Waals surface area contributed by atoms with Gasteiger partial charge in [-0.25, -0.2) is 0 Å². The third kappa shape index (κ3) is 1.17. The Bertz CT molecular complexity index is 700. The molecule has 0 amide bonds. The molecule has 4 aliphatic rings. The molecule has 1 saturated heterocycles. The van der Waals surface area contributed by atoms with E-state index in [1.54, 1.807) is 7.11 Å². The van der Waals surface area contributed by atoms with Crippen molar-refractivity contribution in [2.75, 3.05) is 20.7 Å². The summed E-state index contributed by atoms with van der Waals surface area (Å²) in [6.45, 7) is 0.997. The molecule has 0 saturated carbocycles. The van der Waals surface area contributed by atoms with E-state index in [1.165, 1.54) is 11.1 Å². The predicted octanol–water partition coefficient (Wildman–Crippen LogP) is 1.65. The fourth-order valence-electron chi connectivity index (χ4n) is 5.43. The Labute approximate surface area is 130 Å². The smallest absolute Gasteiger partial charge is 0.165 e. The van der Waals surface area contributed by atoms with Crippen LogP contribution in [0.1, 0.15) is 24.0 Å². The van der Waals surface area contributed by atoms with Crippen molar-refractivity contribution in [3.05, 3.63) is 35.4 Å². The van der Waals surface area contributed by atoms with Gasteiger partial charge in [0.25, 0.3) is 0 Å². The lowest BCUT2D eigenvalue weighted by molar-refractivity contribution is -0.133. The summed E-state index contributed by atoms with van der Waals surface area (Å²) in [5, 5.41) is 11.7. The number of methoxy groups -OCH3 is 1. The number of ether oxygens (including phenoxy) is 2. The highest BCUT2D eigenvalue weighted by Crippen LogP contribution is 2.63. The van der Waals surface area contributed by atoms with Gasteiger partial charge in [-0.1, -0.05) is 18.2 Å². The van der Waals surface area contributed by atoms with E-state index in [-0.39, 0.29) is 17.6 Å². The van der Waals surface area contributed by atoms with Crippen LogP contribution in [0.4, 0.5) is 0 Å². The fourth-order valence-corrected chi connectivity index (χ4v) is 5.43. The Kier molecular flexibility index (Phi) is 2.28. The average Bonchev–Trinajstić information content (AvgIpc) is 2.85. The highest BCUT2D eigenvalue weighted by Gasteiger charge is 2.69. The normalized spacial score (nSPS) is 41.0. The second-order valence-corrected chi connectivity index (χ2v) is 7.12. The van der Waals surface area contributed by atoms with Gasteiger partial charge in [0.1, 0.15) is 11.7 Å². The summed E-state index contributed by atoms with van der Waals surface area (Å²) >= 11 is 0. The van der Waals surface area contributed by atoms with Crippen LogP contribution in [0.15, 0.2) is 24.3 Å². The first-order chi connectivity index (χ1) is 10.6. The number of likely N-dealkylation sites (N-methyl/N-ethyl adjacent to an activating group) is 1. The van der Waals surface area contributed by atoms with Crippen molar-refractivity contribution in [3.63, 3.8) is 0 Å². The van der Waals surface area contributed by atoms with E-state index in [1.807, 2.05) is 12.1 Å². The van der Waals surface area contributed by atoms with E-state index in [9.17, 15) is 5.11 Å². The van der Waals surface area contributed by atoms with E-state index in [4.69, 9.17) is 9.47 Å². The number of hydrogen-bond acceptors (Lipinski definition) is 4. The van der Waals surface area contributed by atoms with Crippen molar-refractivity contribution in [1.82, 2.24) is 4.90 Å². The van der Waals surface area contributed by atoms with Crippen LogP contribution in [0.2, 0.25) is 0 Å². The highest BCUT2D eigenvalue weighted by molar-refractivity contribution is 5.63. The Hall–Kier alpha value is -1.52. The Morgan fingerprint density at radius 1 is 1.41 bits per heavy atom. The SMILES string of the molecule is COc1ccc2c3c1O[C@H]1CC=C[C@@]4(O)[C@@H](C2)N(C)CC[C@]314. The van der Waals surface area contributed by atoms with Crippen LogP contribution in [0, 0.1) is 0 Å². The van der Waals surface area contributed by atoms with Gasteiger partial charge in [-0.15, -0.1) is 0 Å². The predicted molar refractivity (Wildman–Crippen MR) is 82.5 cm³/mol. The summed E-state index contributed by atoms with van der Waals surface area (Å²) in [4.78, 5) is 2.31. The Balaban J connectivity index is 1.86. The molecule has 5 rings (SSSR count). The van der Waals surface area contributed by atoms with Crippen molar-refractivity contribution < 1.29 is 14.6 Å². The third-order valence-electron chi connectivity index (χ3n) is 6.43. The largest absolute Gasteiger partial charge is 0.493 e. The summed E-state index contributed by atoms with van der Waals surface area (Å²) in [7, 11) is 3.81. The molecule has 1 N–H and O–H groups in total. The summed E-state index contributed by atoms with van der Waals surface area (Å²) in [5.74, 6) is 1.66. The lowest BCUT2D eigenvalue weighted by atomic mass is 9.51. The molecule has 0 radical (unpaired) electrons. The molecule has 2 aliphatic carbocycles. The van der Waals surface area contributed by atoms with Gasteiger partial charge in [0.15, 0.2) is 11.5 Å². The quantitative estimate of drug-likeness (QED) is 0.801. The zero-order valence-electron chi connectivity index (χ0n) is 13.0. The summed E-state index contributed by atoms with van der Waals surface area (Å²) in [6.07, 6.45) is 6.81. The van der Waals surface area contributed by atoms with Gasteiger partial charge < -0.3 is 14.6 Å². The third-order valence-corrected chi connectivity index (χ3v) is 6.43. The van der Waals surface area contributed by atoms with E-state index in [0.29, 0.717) is 0 Å². The summed E-state index contributed by atoms with van der Waals surface area (Å²) in [6, 6.07) is 4.29. The van der Waals surface area contributed by atoms with Crippen molar-refractivity contribution in [3.8, 4) is 11.5 Å². The van der Waals surface area contributed by atoms with Crippen molar-refractivity contribution >= 4 is 0 Å². The minimum atomic E-state index is -0.840. The fraction of sp³-hybridized carbons (Fsp3) is 0.556. The zero-order chi connectivity index (χ0) is 15.1. The van der Waals surface area contributed by atoms with Gasteiger partial charge in [0.05, 0.1) is 12.5 Å². The van der Waals surface area contributed by atoms with Gasteiger partial charge in [-0.05, 0) is 38.1 Å². The summed E-state index contributed by atoms with van der Waals surface area (Å²) in [5.41, 5.74) is 1.38. The number of nitrogens with zero attached hydrogens (tertiary/aromatic N) is 1. The van der Waals surface area contributed by atoms with E-state index in [2.05, 4.69) is 24.1 Å². The average molecular weight is 299 g/mol. The number of hydrogen-bond donors (Lipinski definition) is 1. The van der Waals surface area contributed by atoms with Crippen LogP contribution in [-0.4, -0.2) is 48.5 Å². The summed E-state index contributed by atoms with van der Waals surface area (Å²) < 4.78 is 11.9. The minimum Gasteiger partial charge on any atom is -0.493 e. The molecule has 22 heavy (non-hydrogen) atoms. The van der Waals surface area contributed by atoms with E-state index >= 15 is 0 Å². The maximum absolute atomic E-state index is 11.7. The van der Waals surface area contributed by atoms with Crippen LogP contribution in [0.3, 0.4) is 0 Å². The van der Waals surface area contributed by atoms with Crippen LogP contribution >= 0.6 is 0 Å².